The van der Waals surface area contributed by atoms with Crippen molar-refractivity contribution in [1.82, 2.24) is 4.90 Å². The summed E-state index contributed by atoms with van der Waals surface area (Å²) in [6.07, 6.45) is 2.03. The number of halogens is 1. The lowest BCUT2D eigenvalue weighted by molar-refractivity contribution is -0.384. The van der Waals surface area contributed by atoms with E-state index in [0.29, 0.717) is 6.42 Å². The van der Waals surface area contributed by atoms with Crippen LogP contribution >= 0.6 is 11.6 Å². The number of rotatable bonds is 4. The molecule has 9 heteroatoms. The quantitative estimate of drug-likeness (QED) is 0.606. The highest BCUT2D eigenvalue weighted by molar-refractivity contribution is 7.91. The lowest BCUT2D eigenvalue weighted by Gasteiger charge is -2.28. The number of hydrogen-bond donors (Lipinski definition) is 0. The van der Waals surface area contributed by atoms with Gasteiger partial charge in [0.15, 0.2) is 9.84 Å². The van der Waals surface area contributed by atoms with Gasteiger partial charge in [-0.2, -0.15) is 0 Å². The molecule has 0 spiro atoms. The van der Waals surface area contributed by atoms with E-state index in [1.807, 2.05) is 0 Å². The average molecular weight is 359 g/mol. The minimum atomic E-state index is -3.13. The molecule has 3 rings (SSSR count). The van der Waals surface area contributed by atoms with E-state index in [0.717, 1.165) is 18.9 Å². The fourth-order valence-electron chi connectivity index (χ4n) is 2.91. The van der Waals surface area contributed by atoms with E-state index < -0.39 is 20.7 Å². The molecule has 1 amide bonds. The Bertz CT molecular complexity index is 775. The van der Waals surface area contributed by atoms with Gasteiger partial charge in [-0.15, -0.1) is 0 Å². The number of carbonyl (C=O) groups is 1. The van der Waals surface area contributed by atoms with Crippen LogP contribution in [0.3, 0.4) is 0 Å². The topological polar surface area (TPSA) is 97.6 Å². The number of benzene rings is 1. The van der Waals surface area contributed by atoms with Crippen molar-refractivity contribution in [2.75, 3.05) is 11.5 Å². The first-order chi connectivity index (χ1) is 10.8. The van der Waals surface area contributed by atoms with Gasteiger partial charge in [-0.25, -0.2) is 8.42 Å². The van der Waals surface area contributed by atoms with Crippen molar-refractivity contribution in [2.24, 2.45) is 0 Å². The summed E-state index contributed by atoms with van der Waals surface area (Å²) in [6, 6.07) is 3.33. The molecule has 1 aliphatic heterocycles. The van der Waals surface area contributed by atoms with Gasteiger partial charge >= 0.3 is 0 Å². The SMILES string of the molecule is O=C(c1cc([N+](=O)[O-])ccc1Cl)N(C1CC1)C1CCS(=O)(=O)C1. The number of hydrogen-bond acceptors (Lipinski definition) is 5. The third-order valence-electron chi connectivity index (χ3n) is 4.17. The van der Waals surface area contributed by atoms with Crippen LogP contribution in [0.4, 0.5) is 5.69 Å². The van der Waals surface area contributed by atoms with Crippen molar-refractivity contribution in [2.45, 2.75) is 31.3 Å². The maximum Gasteiger partial charge on any atom is 0.270 e. The van der Waals surface area contributed by atoms with Crippen LogP contribution in [0.5, 0.6) is 0 Å². The molecule has 1 aromatic carbocycles. The predicted molar refractivity (Wildman–Crippen MR) is 84.4 cm³/mol. The molecule has 1 atom stereocenters. The molecule has 1 aliphatic carbocycles. The Morgan fingerprint density at radius 1 is 1.26 bits per heavy atom. The molecular formula is C14H15ClN2O5S. The van der Waals surface area contributed by atoms with E-state index in [1.54, 1.807) is 4.90 Å². The standard InChI is InChI=1S/C14H15ClN2O5S/c15-13-4-3-10(17(19)20)7-12(13)14(18)16(9-1-2-9)11-5-6-23(21,22)8-11/h3-4,7,9,11H,1-2,5-6,8H2. The summed E-state index contributed by atoms with van der Waals surface area (Å²) in [5.74, 6) is -0.415. The minimum Gasteiger partial charge on any atom is -0.332 e. The second-order valence-corrected chi connectivity index (χ2v) is 8.56. The number of carbonyl (C=O) groups excluding carboxylic acids is 1. The number of nitrogens with zero attached hydrogens (tertiary/aromatic N) is 2. The molecule has 1 saturated heterocycles. The van der Waals surface area contributed by atoms with Crippen LogP contribution in [0, 0.1) is 10.1 Å². The van der Waals surface area contributed by atoms with Gasteiger partial charge in [0.1, 0.15) is 0 Å². The molecule has 1 saturated carbocycles. The molecule has 0 aromatic heterocycles. The van der Waals surface area contributed by atoms with E-state index in [1.165, 1.54) is 12.1 Å². The summed E-state index contributed by atoms with van der Waals surface area (Å²) in [5.41, 5.74) is -0.162. The fraction of sp³-hybridized carbons (Fsp3) is 0.500. The van der Waals surface area contributed by atoms with Gasteiger partial charge in [-0.3, -0.25) is 14.9 Å². The number of non-ortho nitro benzene ring substituents is 1. The summed E-state index contributed by atoms with van der Waals surface area (Å²) < 4.78 is 23.4. The lowest BCUT2D eigenvalue weighted by Crippen LogP contribution is -2.42. The van der Waals surface area contributed by atoms with Crippen molar-refractivity contribution in [1.29, 1.82) is 0 Å². The van der Waals surface area contributed by atoms with Crippen molar-refractivity contribution in [3.63, 3.8) is 0 Å². The summed E-state index contributed by atoms with van der Waals surface area (Å²) in [4.78, 5) is 24.7. The van der Waals surface area contributed by atoms with Gasteiger partial charge in [0.25, 0.3) is 11.6 Å². The fourth-order valence-corrected chi connectivity index (χ4v) is 4.82. The Labute approximate surface area is 138 Å². The highest BCUT2D eigenvalue weighted by Gasteiger charge is 2.42. The molecule has 23 heavy (non-hydrogen) atoms. The molecule has 2 aliphatic rings. The van der Waals surface area contributed by atoms with Gasteiger partial charge < -0.3 is 4.90 Å². The molecule has 0 bridgehead atoms. The van der Waals surface area contributed by atoms with Gasteiger partial charge in [-0.05, 0) is 25.3 Å². The van der Waals surface area contributed by atoms with E-state index >= 15 is 0 Å². The predicted octanol–water partition coefficient (Wildman–Crippen LogP) is 2.04. The number of amides is 1. The maximum atomic E-state index is 12.8. The maximum absolute atomic E-state index is 12.8. The lowest BCUT2D eigenvalue weighted by atomic mass is 10.1. The van der Waals surface area contributed by atoms with Crippen molar-refractivity contribution in [3.8, 4) is 0 Å². The molecule has 2 fully saturated rings. The van der Waals surface area contributed by atoms with Crippen LogP contribution in [0.1, 0.15) is 29.6 Å². The van der Waals surface area contributed by atoms with Crippen LogP contribution < -0.4 is 0 Å². The van der Waals surface area contributed by atoms with E-state index in [9.17, 15) is 23.3 Å². The zero-order chi connectivity index (χ0) is 16.8. The van der Waals surface area contributed by atoms with Gasteiger partial charge in [-0.1, -0.05) is 11.6 Å². The van der Waals surface area contributed by atoms with Gasteiger partial charge in [0, 0.05) is 24.2 Å². The second-order valence-electron chi connectivity index (χ2n) is 5.92. The normalized spacial score (nSPS) is 22.7. The summed E-state index contributed by atoms with van der Waals surface area (Å²) >= 11 is 6.04. The highest BCUT2D eigenvalue weighted by Crippen LogP contribution is 2.35. The second kappa shape index (κ2) is 5.76. The highest BCUT2D eigenvalue weighted by atomic mass is 35.5. The number of nitro groups is 1. The van der Waals surface area contributed by atoms with Crippen LogP contribution in [0.2, 0.25) is 5.02 Å². The third kappa shape index (κ3) is 3.32. The van der Waals surface area contributed by atoms with Crippen LogP contribution in [-0.4, -0.2) is 47.7 Å². The first kappa shape index (κ1) is 16.2. The van der Waals surface area contributed by atoms with Crippen LogP contribution in [0.25, 0.3) is 0 Å². The van der Waals surface area contributed by atoms with Crippen molar-refractivity contribution in [3.05, 3.63) is 38.9 Å². The van der Waals surface area contributed by atoms with Gasteiger partial charge in [0.2, 0.25) is 0 Å². The first-order valence-electron chi connectivity index (χ1n) is 7.25. The number of sulfone groups is 1. The Morgan fingerprint density at radius 2 is 1.96 bits per heavy atom. The molecule has 1 heterocycles. The summed E-state index contributed by atoms with van der Waals surface area (Å²) in [6.45, 7) is 0. The Kier molecular flexibility index (Phi) is 4.05. The Hall–Kier alpha value is -1.67. The van der Waals surface area contributed by atoms with Crippen molar-refractivity contribution < 1.29 is 18.1 Å². The van der Waals surface area contributed by atoms with Crippen LogP contribution in [-0.2, 0) is 9.84 Å². The monoisotopic (exact) mass is 358 g/mol. The van der Waals surface area contributed by atoms with Crippen molar-refractivity contribution >= 4 is 33.0 Å². The molecule has 0 radical (unpaired) electrons. The summed E-state index contributed by atoms with van der Waals surface area (Å²) in [5, 5.41) is 11.0. The smallest absolute Gasteiger partial charge is 0.270 e. The Morgan fingerprint density at radius 3 is 2.48 bits per heavy atom. The molecule has 0 N–H and O–H groups in total. The third-order valence-corrected chi connectivity index (χ3v) is 6.25. The van der Waals surface area contributed by atoms with E-state index in [-0.39, 0.29) is 39.9 Å². The number of nitro benzene ring substituents is 1. The zero-order valence-electron chi connectivity index (χ0n) is 12.1. The van der Waals surface area contributed by atoms with E-state index in [2.05, 4.69) is 0 Å². The van der Waals surface area contributed by atoms with Crippen LogP contribution in [0.15, 0.2) is 18.2 Å². The molecule has 1 unspecified atom stereocenters. The van der Waals surface area contributed by atoms with Gasteiger partial charge in [0.05, 0.1) is 27.0 Å². The summed E-state index contributed by atoms with van der Waals surface area (Å²) in [7, 11) is -3.13. The molecule has 1 aromatic rings. The molecule has 124 valence electrons. The Balaban J connectivity index is 1.93. The molecule has 7 nitrogen and oxygen atoms in total. The first-order valence-corrected chi connectivity index (χ1v) is 9.45. The minimum absolute atomic E-state index is 0.00358. The average Bonchev–Trinajstić information content (AvgIpc) is 3.23. The van der Waals surface area contributed by atoms with E-state index in [4.69, 9.17) is 11.6 Å². The molecular weight excluding hydrogens is 344 g/mol. The zero-order valence-corrected chi connectivity index (χ0v) is 13.7. The largest absolute Gasteiger partial charge is 0.332 e.